The van der Waals surface area contributed by atoms with E-state index in [4.69, 9.17) is 5.73 Å². The van der Waals surface area contributed by atoms with Gasteiger partial charge in [-0.05, 0) is 62.2 Å². The summed E-state index contributed by atoms with van der Waals surface area (Å²) in [4.78, 5) is 57.2. The quantitative estimate of drug-likeness (QED) is 0.213. The van der Waals surface area contributed by atoms with Gasteiger partial charge < -0.3 is 36.2 Å². The van der Waals surface area contributed by atoms with Gasteiger partial charge in [0.2, 0.25) is 5.91 Å². The average molecular weight is 633 g/mol. The van der Waals surface area contributed by atoms with Crippen molar-refractivity contribution in [2.45, 2.75) is 43.7 Å². The van der Waals surface area contributed by atoms with Gasteiger partial charge in [0, 0.05) is 50.4 Å². The van der Waals surface area contributed by atoms with E-state index >= 15 is 0 Å². The van der Waals surface area contributed by atoms with Crippen LogP contribution in [0.1, 0.15) is 33.5 Å². The lowest BCUT2D eigenvalue weighted by Gasteiger charge is -2.55. The van der Waals surface area contributed by atoms with Crippen molar-refractivity contribution >= 4 is 28.9 Å². The fraction of sp³-hybridized carbons (Fsp3) is 0.484. The number of phenols is 1. The number of aliphatic hydroxyl groups excluding tert-OH is 1. The van der Waals surface area contributed by atoms with Gasteiger partial charge in [0.15, 0.2) is 40.4 Å². The fourth-order valence-electron chi connectivity index (χ4n) is 7.51. The predicted octanol–water partition coefficient (Wildman–Crippen LogP) is 0.432. The molecular formula is C31H35F3N4O7. The molecule has 2 saturated carbocycles. The van der Waals surface area contributed by atoms with Crippen molar-refractivity contribution in [3.8, 4) is 5.75 Å². The van der Waals surface area contributed by atoms with Gasteiger partial charge in [-0.3, -0.25) is 19.2 Å². The number of carbonyl (C=O) groups is 4. The lowest BCUT2D eigenvalue weighted by molar-refractivity contribution is -0.190. The smallest absolute Gasteiger partial charge is 0.230 e. The van der Waals surface area contributed by atoms with E-state index in [1.807, 2.05) is 0 Å². The minimum atomic E-state index is -2.78. The molecule has 0 bridgehead atoms. The zero-order valence-corrected chi connectivity index (χ0v) is 25.1. The Bertz CT molecular complexity index is 1590. The van der Waals surface area contributed by atoms with Gasteiger partial charge >= 0.3 is 0 Å². The zero-order chi connectivity index (χ0) is 33.3. The fourth-order valence-corrected chi connectivity index (χ4v) is 7.51. The third-order valence-electron chi connectivity index (χ3n) is 9.52. The van der Waals surface area contributed by atoms with Crippen LogP contribution in [0, 0.1) is 41.1 Å². The second kappa shape index (κ2) is 11.5. The zero-order valence-electron chi connectivity index (χ0n) is 25.1. The number of aliphatic hydroxyl groups is 2. The van der Waals surface area contributed by atoms with E-state index in [1.54, 1.807) is 39.2 Å². The van der Waals surface area contributed by atoms with E-state index in [9.17, 15) is 47.7 Å². The minimum Gasteiger partial charge on any atom is -0.507 e. The lowest BCUT2D eigenvalue weighted by Crippen LogP contribution is -2.75. The molecule has 14 heteroatoms. The number of benzene rings is 2. The van der Waals surface area contributed by atoms with E-state index < -0.39 is 87.9 Å². The number of nitrogens with one attached hydrogen (secondary N) is 1. The van der Waals surface area contributed by atoms with Gasteiger partial charge in [-0.25, -0.2) is 13.2 Å². The first kappa shape index (κ1) is 32.5. The summed E-state index contributed by atoms with van der Waals surface area (Å²) in [6, 6.07) is 2.28. The maximum atomic E-state index is 14.1. The van der Waals surface area contributed by atoms with Crippen molar-refractivity contribution in [2.24, 2.45) is 29.4 Å². The number of nitrogens with zero attached hydrogens (tertiary/aromatic N) is 2. The third kappa shape index (κ3) is 5.00. The molecule has 3 aliphatic carbocycles. The Morgan fingerprint density at radius 2 is 1.67 bits per heavy atom. The van der Waals surface area contributed by atoms with E-state index in [0.717, 1.165) is 12.1 Å². The first-order valence-corrected chi connectivity index (χ1v) is 14.4. The summed E-state index contributed by atoms with van der Waals surface area (Å²) in [6.45, 7) is -0.210. The molecule has 0 aliphatic heterocycles. The molecule has 1 amide bonds. The number of halogens is 3. The number of amides is 1. The summed E-state index contributed by atoms with van der Waals surface area (Å²) in [5, 5.41) is 37.0. The SMILES string of the molecule is CN(C)c1cc(CNCc2cc(F)c(F)c(F)c2)c(O)c2c1C[C@@H]1C[C@@H]3C(N(C)C)C(O)C(C(N)=O)C(=O)[C@]3(O)C(=O)C1C2=O. The Labute approximate surface area is 256 Å². The molecule has 0 saturated heterocycles. The number of aromatic hydroxyl groups is 1. The summed E-state index contributed by atoms with van der Waals surface area (Å²) in [5.41, 5.74) is 3.79. The number of rotatable bonds is 7. The maximum Gasteiger partial charge on any atom is 0.230 e. The molecule has 3 aliphatic rings. The number of phenolic OH excluding ortho intramolecular Hbond substituents is 1. The van der Waals surface area contributed by atoms with Crippen molar-refractivity contribution in [1.82, 2.24) is 10.2 Å². The Hall–Kier alpha value is -3.85. The van der Waals surface area contributed by atoms with Crippen LogP contribution in [-0.2, 0) is 33.9 Å². The molecule has 45 heavy (non-hydrogen) atoms. The van der Waals surface area contributed by atoms with Gasteiger partial charge in [0.1, 0.15) is 11.7 Å². The Morgan fingerprint density at radius 1 is 1.04 bits per heavy atom. The van der Waals surface area contributed by atoms with Crippen LogP contribution in [0.4, 0.5) is 18.9 Å². The van der Waals surface area contributed by atoms with E-state index in [1.165, 1.54) is 4.90 Å². The molecular weight excluding hydrogens is 597 g/mol. The van der Waals surface area contributed by atoms with Crippen LogP contribution >= 0.6 is 0 Å². The van der Waals surface area contributed by atoms with Crippen molar-refractivity contribution in [2.75, 3.05) is 33.1 Å². The van der Waals surface area contributed by atoms with E-state index in [-0.39, 0.29) is 42.6 Å². The molecule has 242 valence electrons. The average Bonchev–Trinajstić information content (AvgIpc) is 2.94. The minimum absolute atomic E-state index is 0.0169. The van der Waals surface area contributed by atoms with Crippen LogP contribution in [0.15, 0.2) is 18.2 Å². The van der Waals surface area contributed by atoms with Crippen LogP contribution < -0.4 is 16.0 Å². The monoisotopic (exact) mass is 632 g/mol. The van der Waals surface area contributed by atoms with Gasteiger partial charge in [0.05, 0.1) is 17.6 Å². The van der Waals surface area contributed by atoms with E-state index in [2.05, 4.69) is 5.32 Å². The van der Waals surface area contributed by atoms with Crippen LogP contribution in [0.5, 0.6) is 5.75 Å². The second-order valence-electron chi connectivity index (χ2n) is 12.6. The standard InChI is InChI=1S/C31H35F3N4O7/c1-37(2)19-9-14(11-36-10-12-5-17(32)23(34)18(33)6-12)25(39)21-15(19)7-13-8-16-24(38(3)4)27(41)22(30(35)44)29(43)31(16,45)28(42)20(13)26(21)40/h5-6,9,13,16,20,22,24,27,36,39,41,45H,7-8,10-11H2,1-4H3,(H2,35,44)/t13-,16-,20?,22?,24?,27?,31-/m1/s1. The molecule has 4 unspecified atom stereocenters. The second-order valence-corrected chi connectivity index (χ2v) is 12.6. The molecule has 7 atom stereocenters. The molecule has 0 aromatic heterocycles. The number of hydrogen-bond acceptors (Lipinski definition) is 10. The molecule has 11 nitrogen and oxygen atoms in total. The highest BCUT2D eigenvalue weighted by atomic mass is 19.2. The Morgan fingerprint density at radius 3 is 2.22 bits per heavy atom. The molecule has 5 rings (SSSR count). The highest BCUT2D eigenvalue weighted by Crippen LogP contribution is 2.52. The topological polar surface area (TPSA) is 173 Å². The Balaban J connectivity index is 1.53. The van der Waals surface area contributed by atoms with Crippen molar-refractivity contribution < 1.29 is 47.7 Å². The first-order valence-electron chi connectivity index (χ1n) is 14.4. The van der Waals surface area contributed by atoms with Crippen molar-refractivity contribution in [3.05, 3.63) is 57.9 Å². The predicted molar refractivity (Wildman–Crippen MR) is 154 cm³/mol. The van der Waals surface area contributed by atoms with Gasteiger partial charge in [-0.2, -0.15) is 0 Å². The Kier molecular flexibility index (Phi) is 8.32. The van der Waals surface area contributed by atoms with Gasteiger partial charge in [-0.1, -0.05) is 0 Å². The molecule has 2 fully saturated rings. The summed E-state index contributed by atoms with van der Waals surface area (Å²) >= 11 is 0. The number of ketones is 3. The highest BCUT2D eigenvalue weighted by Gasteiger charge is 2.69. The largest absolute Gasteiger partial charge is 0.507 e. The molecule has 2 aromatic carbocycles. The van der Waals surface area contributed by atoms with Gasteiger partial charge in [0.25, 0.3) is 0 Å². The van der Waals surface area contributed by atoms with Crippen LogP contribution in [0.3, 0.4) is 0 Å². The molecule has 0 heterocycles. The third-order valence-corrected chi connectivity index (χ3v) is 9.52. The summed E-state index contributed by atoms with van der Waals surface area (Å²) in [7, 11) is 6.58. The van der Waals surface area contributed by atoms with Crippen LogP contribution in [0.25, 0.3) is 0 Å². The summed E-state index contributed by atoms with van der Waals surface area (Å²) in [5.74, 6) is -14.4. The number of Topliss-reactive ketones (excluding diaryl/α,β-unsaturated/α-hetero) is 3. The summed E-state index contributed by atoms with van der Waals surface area (Å²) in [6.07, 6.45) is -1.49. The maximum absolute atomic E-state index is 14.1. The molecule has 2 aromatic rings. The number of carbonyl (C=O) groups excluding carboxylic acids is 4. The van der Waals surface area contributed by atoms with Gasteiger partial charge in [-0.15, -0.1) is 0 Å². The number of fused-ring (bicyclic) bond motifs is 3. The number of anilines is 1. The summed E-state index contributed by atoms with van der Waals surface area (Å²) < 4.78 is 40.7. The van der Waals surface area contributed by atoms with Crippen LogP contribution in [0.2, 0.25) is 0 Å². The highest BCUT2D eigenvalue weighted by molar-refractivity contribution is 6.25. The number of likely N-dealkylation sites (N-methyl/N-ethyl adjacent to an activating group) is 1. The molecule has 6 N–H and O–H groups in total. The number of hydrogen-bond donors (Lipinski definition) is 5. The number of primary amides is 1. The molecule has 0 radical (unpaired) electrons. The number of nitrogens with two attached hydrogens (primary N) is 1. The normalized spacial score (nSPS) is 29.3. The molecule has 0 spiro atoms. The lowest BCUT2D eigenvalue weighted by atomic mass is 9.52. The first-order chi connectivity index (χ1) is 21.0. The van der Waals surface area contributed by atoms with Crippen LogP contribution in [-0.4, -0.2) is 89.4 Å². The van der Waals surface area contributed by atoms with Crippen molar-refractivity contribution in [1.29, 1.82) is 0 Å². The van der Waals surface area contributed by atoms with E-state index in [0.29, 0.717) is 11.3 Å². The van der Waals surface area contributed by atoms with Crippen molar-refractivity contribution in [3.63, 3.8) is 0 Å².